The number of ether oxygens (including phenoxy) is 3. The molecule has 0 bridgehead atoms. The number of carbonyl (C=O) groups excluding carboxylic acids is 1. The van der Waals surface area contributed by atoms with Crippen LogP contribution < -0.4 is 10.1 Å². The normalized spacial score (nSPS) is 23.2. The smallest absolute Gasteiger partial charge is 0.407 e. The molecule has 1 aliphatic heterocycles. The Balaban J connectivity index is 0.000000369. The van der Waals surface area contributed by atoms with Crippen LogP contribution in [0.15, 0.2) is 42.5 Å². The fourth-order valence-electron chi connectivity index (χ4n) is 3.37. The highest BCUT2D eigenvalue weighted by molar-refractivity contribution is 5.97. The number of carbonyl (C=O) groups is 2. The largest absolute Gasteiger partial charge is 0.490 e. The van der Waals surface area contributed by atoms with Crippen molar-refractivity contribution in [2.45, 2.75) is 49.4 Å². The first-order chi connectivity index (χ1) is 19.5. The maximum atomic E-state index is 13.0. The van der Waals surface area contributed by atoms with E-state index in [1.54, 1.807) is 0 Å². The Kier molecular flexibility index (Phi) is 11.3. The summed E-state index contributed by atoms with van der Waals surface area (Å²) in [5, 5.41) is 57.5. The van der Waals surface area contributed by atoms with E-state index in [1.165, 1.54) is 31.4 Å². The summed E-state index contributed by atoms with van der Waals surface area (Å²) in [6.07, 6.45) is -12.4. The Morgan fingerprint density at radius 2 is 1.74 bits per heavy atom. The second kappa shape index (κ2) is 14.1. The number of aliphatic carboxylic acids is 1. The molecule has 0 radical (unpaired) electrons. The fraction of sp³-hybridized carbons (Fsp3) is 0.385. The third kappa shape index (κ3) is 8.60. The molecule has 1 fully saturated rings. The predicted molar refractivity (Wildman–Crippen MR) is 135 cm³/mol. The maximum Gasteiger partial charge on any atom is 0.407 e. The molecule has 6 N–H and O–H groups in total. The lowest BCUT2D eigenvalue weighted by molar-refractivity contribution is -0.287. The molecular weight excluding hydrogens is 571 g/mol. The van der Waals surface area contributed by atoms with Gasteiger partial charge in [0.25, 0.3) is 5.91 Å². The number of benzene rings is 2. The first-order valence-corrected chi connectivity index (χ1v) is 11.8. The van der Waals surface area contributed by atoms with Gasteiger partial charge in [0.1, 0.15) is 30.7 Å². The van der Waals surface area contributed by atoms with E-state index in [2.05, 4.69) is 14.9 Å². The number of anilines is 1. The number of nitriles is 1. The molecule has 3 rings (SSSR count). The van der Waals surface area contributed by atoms with Crippen LogP contribution in [0.2, 0.25) is 0 Å². The van der Waals surface area contributed by atoms with Crippen molar-refractivity contribution in [1.82, 2.24) is 0 Å². The molecule has 1 amide bonds. The monoisotopic (exact) mass is 597 g/mol. The van der Waals surface area contributed by atoms with Crippen LogP contribution in [0.25, 0.3) is 4.85 Å². The van der Waals surface area contributed by atoms with Crippen molar-refractivity contribution in [3.05, 3.63) is 65.0 Å². The van der Waals surface area contributed by atoms with Crippen LogP contribution in [0.3, 0.4) is 0 Å². The first kappa shape index (κ1) is 33.9. The number of nitrogens with one attached hydrogen (secondary N) is 1. The van der Waals surface area contributed by atoms with E-state index in [0.29, 0.717) is 17.4 Å². The summed E-state index contributed by atoms with van der Waals surface area (Å²) in [4.78, 5) is 25.6. The van der Waals surface area contributed by atoms with Gasteiger partial charge in [0.15, 0.2) is 23.7 Å². The third-order valence-electron chi connectivity index (χ3n) is 5.72. The summed E-state index contributed by atoms with van der Waals surface area (Å²) in [6.45, 7) is 7.47. The van der Waals surface area contributed by atoms with Crippen molar-refractivity contribution in [1.29, 1.82) is 5.26 Å². The van der Waals surface area contributed by atoms with E-state index >= 15 is 0 Å². The molecule has 2 aromatic rings. The van der Waals surface area contributed by atoms with Gasteiger partial charge in [0, 0.05) is 12.8 Å². The summed E-state index contributed by atoms with van der Waals surface area (Å²) in [5.41, 5.74) is -3.65. The highest BCUT2D eigenvalue weighted by Gasteiger charge is 2.47. The average molecular weight is 597 g/mol. The van der Waals surface area contributed by atoms with Crippen molar-refractivity contribution in [2.24, 2.45) is 0 Å². The summed E-state index contributed by atoms with van der Waals surface area (Å²) in [5.74, 6) is -2.11. The number of halogens is 3. The second-order valence-electron chi connectivity index (χ2n) is 8.97. The van der Waals surface area contributed by atoms with Crippen molar-refractivity contribution in [2.75, 3.05) is 19.0 Å². The number of rotatable bonds is 7. The van der Waals surface area contributed by atoms with Crippen LogP contribution >= 0.6 is 0 Å². The van der Waals surface area contributed by atoms with Gasteiger partial charge in [0.05, 0.1) is 23.8 Å². The third-order valence-corrected chi connectivity index (χ3v) is 5.72. The van der Waals surface area contributed by atoms with Crippen LogP contribution in [-0.2, 0) is 25.2 Å². The molecule has 16 heteroatoms. The summed E-state index contributed by atoms with van der Waals surface area (Å²) >= 11 is 0. The number of alkyl halides is 3. The van der Waals surface area contributed by atoms with Crippen LogP contribution in [0, 0.1) is 17.9 Å². The van der Waals surface area contributed by atoms with Crippen molar-refractivity contribution in [3.63, 3.8) is 0 Å². The van der Waals surface area contributed by atoms with Crippen LogP contribution in [-0.4, -0.2) is 87.4 Å². The van der Waals surface area contributed by atoms with Crippen LogP contribution in [0.1, 0.15) is 18.1 Å². The molecular formula is C26H26F3N3O10. The van der Waals surface area contributed by atoms with Crippen LogP contribution in [0.4, 0.5) is 24.5 Å². The van der Waals surface area contributed by atoms with E-state index < -0.39 is 72.2 Å². The Hall–Kier alpha value is -4.29. The zero-order valence-electron chi connectivity index (χ0n) is 21.9. The minimum Gasteiger partial charge on any atom is -0.490 e. The highest BCUT2D eigenvalue weighted by Crippen LogP contribution is 2.38. The molecule has 0 aliphatic carbocycles. The molecule has 226 valence electrons. The van der Waals surface area contributed by atoms with Gasteiger partial charge in [-0.15, -0.1) is 0 Å². The molecule has 0 spiro atoms. The van der Waals surface area contributed by atoms with Gasteiger partial charge < -0.3 is 45.1 Å². The van der Waals surface area contributed by atoms with E-state index in [4.69, 9.17) is 26.4 Å². The Labute approximate surface area is 236 Å². The van der Waals surface area contributed by atoms with E-state index in [1.807, 2.05) is 6.07 Å². The minimum absolute atomic E-state index is 0.219. The topological polar surface area (TPSA) is 203 Å². The number of nitrogens with zero attached hydrogens (tertiary/aromatic N) is 2. The molecule has 0 aromatic heterocycles. The number of methoxy groups -OCH3 is 1. The summed E-state index contributed by atoms with van der Waals surface area (Å²) < 4.78 is 53.6. The maximum absolute atomic E-state index is 13.0. The number of hydrogen-bond acceptors (Lipinski definition) is 10. The Morgan fingerprint density at radius 1 is 1.12 bits per heavy atom. The first-order valence-electron chi connectivity index (χ1n) is 11.8. The predicted octanol–water partition coefficient (Wildman–Crippen LogP) is 1.42. The molecule has 6 atom stereocenters. The summed E-state index contributed by atoms with van der Waals surface area (Å²) in [6, 6.07) is 10.6. The lowest BCUT2D eigenvalue weighted by atomic mass is 9.99. The number of carboxylic acids is 1. The van der Waals surface area contributed by atoms with Gasteiger partial charge in [0.2, 0.25) is 0 Å². The van der Waals surface area contributed by atoms with Gasteiger partial charge in [-0.05, 0) is 43.3 Å². The molecule has 42 heavy (non-hydrogen) atoms. The second-order valence-corrected chi connectivity index (χ2v) is 8.97. The standard InChI is InChI=1S/C19H14F3N3O3.C7H12O7/c1-18(27,11-28-14-6-3-12(10-23)4-7-14)17(26)25-13-5-8-16(24-2)15(9-13)19(20,21)22;1-13-7-4(10)2(8)3(9)5(14-7)6(11)12/h3-9,27H,11H2,1H3,(H,25,26);2-5,7-10H,1H3,(H,11,12)/t18-;/m0./s1. The molecule has 1 heterocycles. The van der Waals surface area contributed by atoms with E-state index in [-0.39, 0.29) is 5.69 Å². The molecule has 5 unspecified atom stereocenters. The molecule has 13 nitrogen and oxygen atoms in total. The molecule has 0 saturated carbocycles. The number of carboxylic acid groups (broad SMARTS) is 1. The number of amides is 1. The van der Waals surface area contributed by atoms with Gasteiger partial charge in [-0.1, -0.05) is 6.07 Å². The van der Waals surface area contributed by atoms with Crippen molar-refractivity contribution in [3.8, 4) is 11.8 Å². The van der Waals surface area contributed by atoms with Gasteiger partial charge in [-0.25, -0.2) is 9.64 Å². The SMILES string of the molecule is COC1OC(C(=O)O)C(O)C(O)C1O.[C-]#[N+]c1ccc(NC(=O)[C@@](C)(O)COc2ccc(C#N)cc2)cc1C(F)(F)F. The average Bonchev–Trinajstić information content (AvgIpc) is 2.95. The zero-order valence-corrected chi connectivity index (χ0v) is 21.9. The minimum atomic E-state index is -4.76. The lowest BCUT2D eigenvalue weighted by Gasteiger charge is -2.37. The lowest BCUT2D eigenvalue weighted by Crippen LogP contribution is -2.60. The number of aliphatic hydroxyl groups is 4. The van der Waals surface area contributed by atoms with Crippen LogP contribution in [0.5, 0.6) is 5.75 Å². The zero-order chi connectivity index (χ0) is 31.8. The van der Waals surface area contributed by atoms with Gasteiger partial charge in [-0.2, -0.15) is 18.4 Å². The van der Waals surface area contributed by atoms with Crippen molar-refractivity contribution < 1.29 is 62.5 Å². The molecule has 1 aliphatic rings. The number of hydrogen-bond donors (Lipinski definition) is 6. The van der Waals surface area contributed by atoms with Gasteiger partial charge in [-0.3, -0.25) is 4.79 Å². The number of aliphatic hydroxyl groups excluding tert-OH is 3. The summed E-state index contributed by atoms with van der Waals surface area (Å²) in [7, 11) is 1.19. The van der Waals surface area contributed by atoms with E-state index in [0.717, 1.165) is 19.1 Å². The van der Waals surface area contributed by atoms with Crippen molar-refractivity contribution >= 4 is 23.3 Å². The highest BCUT2D eigenvalue weighted by atomic mass is 19.4. The quantitative estimate of drug-likeness (QED) is 0.252. The Bertz CT molecular complexity index is 1340. The van der Waals surface area contributed by atoms with Gasteiger partial charge >= 0.3 is 12.1 Å². The van der Waals surface area contributed by atoms with E-state index in [9.17, 15) is 43.2 Å². The fourth-order valence-corrected chi connectivity index (χ4v) is 3.37. The molecule has 1 saturated heterocycles. The Morgan fingerprint density at radius 3 is 2.24 bits per heavy atom. The molecule has 2 aromatic carbocycles.